The summed E-state index contributed by atoms with van der Waals surface area (Å²) in [5.41, 5.74) is 7.93. The SMILES string of the molecule is COc1ccc(C(CN)c2cccc(Cl)c2Cl)cc1. The molecule has 0 bridgehead atoms. The molecule has 100 valence electrons. The van der Waals surface area contributed by atoms with Gasteiger partial charge in [0.1, 0.15) is 5.75 Å². The fourth-order valence-electron chi connectivity index (χ4n) is 2.07. The van der Waals surface area contributed by atoms with E-state index in [1.807, 2.05) is 36.4 Å². The van der Waals surface area contributed by atoms with Crippen LogP contribution in [0.3, 0.4) is 0 Å². The van der Waals surface area contributed by atoms with E-state index in [4.69, 9.17) is 33.7 Å². The summed E-state index contributed by atoms with van der Waals surface area (Å²) in [5, 5.41) is 1.11. The van der Waals surface area contributed by atoms with Gasteiger partial charge in [0, 0.05) is 12.5 Å². The summed E-state index contributed by atoms with van der Waals surface area (Å²) < 4.78 is 5.15. The number of benzene rings is 2. The highest BCUT2D eigenvalue weighted by molar-refractivity contribution is 6.42. The van der Waals surface area contributed by atoms with E-state index in [2.05, 4.69) is 0 Å². The monoisotopic (exact) mass is 295 g/mol. The Kier molecular flexibility index (Phi) is 4.70. The maximum Gasteiger partial charge on any atom is 0.118 e. The Morgan fingerprint density at radius 2 is 1.79 bits per heavy atom. The Labute approximate surface area is 123 Å². The summed E-state index contributed by atoms with van der Waals surface area (Å²) in [6, 6.07) is 13.4. The molecule has 1 atom stereocenters. The minimum atomic E-state index is 0.0251. The molecule has 0 aliphatic carbocycles. The van der Waals surface area contributed by atoms with Crippen molar-refractivity contribution in [2.75, 3.05) is 13.7 Å². The van der Waals surface area contributed by atoms with Crippen LogP contribution in [0.25, 0.3) is 0 Å². The molecule has 0 aromatic heterocycles. The molecule has 1 unspecified atom stereocenters. The maximum atomic E-state index is 6.26. The largest absolute Gasteiger partial charge is 0.497 e. The van der Waals surface area contributed by atoms with E-state index < -0.39 is 0 Å². The smallest absolute Gasteiger partial charge is 0.118 e. The van der Waals surface area contributed by atoms with Crippen LogP contribution in [0, 0.1) is 0 Å². The van der Waals surface area contributed by atoms with Crippen LogP contribution in [0.5, 0.6) is 5.75 Å². The Hall–Kier alpha value is -1.22. The first kappa shape index (κ1) is 14.2. The van der Waals surface area contributed by atoms with Gasteiger partial charge in [-0.2, -0.15) is 0 Å². The predicted octanol–water partition coefficient (Wildman–Crippen LogP) is 4.09. The number of rotatable bonds is 4. The van der Waals surface area contributed by atoms with Crippen molar-refractivity contribution in [2.45, 2.75) is 5.92 Å². The van der Waals surface area contributed by atoms with Gasteiger partial charge in [0.15, 0.2) is 0 Å². The van der Waals surface area contributed by atoms with Crippen molar-refractivity contribution >= 4 is 23.2 Å². The van der Waals surface area contributed by atoms with Gasteiger partial charge in [-0.15, -0.1) is 0 Å². The number of hydrogen-bond donors (Lipinski definition) is 1. The second-order valence-corrected chi connectivity index (χ2v) is 4.99. The number of hydrogen-bond acceptors (Lipinski definition) is 2. The van der Waals surface area contributed by atoms with Crippen molar-refractivity contribution < 1.29 is 4.74 Å². The van der Waals surface area contributed by atoms with Crippen LogP contribution < -0.4 is 10.5 Å². The van der Waals surface area contributed by atoms with Crippen molar-refractivity contribution in [3.63, 3.8) is 0 Å². The molecule has 0 aliphatic heterocycles. The molecule has 2 nitrogen and oxygen atoms in total. The summed E-state index contributed by atoms with van der Waals surface area (Å²) in [6.07, 6.45) is 0. The lowest BCUT2D eigenvalue weighted by atomic mass is 9.91. The Balaban J connectivity index is 2.40. The van der Waals surface area contributed by atoms with Crippen LogP contribution in [0.4, 0.5) is 0 Å². The van der Waals surface area contributed by atoms with Crippen molar-refractivity contribution in [1.29, 1.82) is 0 Å². The molecule has 0 spiro atoms. The molecule has 2 aromatic rings. The lowest BCUT2D eigenvalue weighted by Crippen LogP contribution is -2.14. The second-order valence-electron chi connectivity index (χ2n) is 4.20. The van der Waals surface area contributed by atoms with Crippen molar-refractivity contribution in [3.8, 4) is 5.75 Å². The van der Waals surface area contributed by atoms with E-state index in [0.29, 0.717) is 16.6 Å². The molecule has 19 heavy (non-hydrogen) atoms. The van der Waals surface area contributed by atoms with Gasteiger partial charge in [0.2, 0.25) is 0 Å². The van der Waals surface area contributed by atoms with Crippen molar-refractivity contribution in [1.82, 2.24) is 0 Å². The molecular formula is C15H15Cl2NO. The van der Waals surface area contributed by atoms with Gasteiger partial charge in [0.05, 0.1) is 17.2 Å². The Morgan fingerprint density at radius 1 is 1.11 bits per heavy atom. The van der Waals surface area contributed by atoms with Gasteiger partial charge in [-0.05, 0) is 29.3 Å². The average Bonchev–Trinajstić information content (AvgIpc) is 2.45. The van der Waals surface area contributed by atoms with Crippen LogP contribution in [0.1, 0.15) is 17.0 Å². The molecular weight excluding hydrogens is 281 g/mol. The molecule has 0 aliphatic rings. The molecule has 2 rings (SSSR count). The number of methoxy groups -OCH3 is 1. The van der Waals surface area contributed by atoms with Gasteiger partial charge >= 0.3 is 0 Å². The molecule has 0 heterocycles. The van der Waals surface area contributed by atoms with Crippen LogP contribution >= 0.6 is 23.2 Å². The molecule has 0 saturated carbocycles. The summed E-state index contributed by atoms with van der Waals surface area (Å²) in [4.78, 5) is 0. The lowest BCUT2D eigenvalue weighted by Gasteiger charge is -2.18. The normalized spacial score (nSPS) is 12.2. The van der Waals surface area contributed by atoms with E-state index >= 15 is 0 Å². The predicted molar refractivity (Wildman–Crippen MR) is 80.4 cm³/mol. The second kappa shape index (κ2) is 6.29. The van der Waals surface area contributed by atoms with E-state index in [1.54, 1.807) is 13.2 Å². The fraction of sp³-hybridized carbons (Fsp3) is 0.200. The van der Waals surface area contributed by atoms with Gasteiger partial charge in [0.25, 0.3) is 0 Å². The standard InChI is InChI=1S/C15H15Cl2NO/c1-19-11-7-5-10(6-8-11)13(9-18)12-3-2-4-14(16)15(12)17/h2-8,13H,9,18H2,1H3. The van der Waals surface area contributed by atoms with Gasteiger partial charge < -0.3 is 10.5 Å². The van der Waals surface area contributed by atoms with E-state index in [1.165, 1.54) is 0 Å². The third-order valence-corrected chi connectivity index (χ3v) is 3.94. The summed E-state index contributed by atoms with van der Waals surface area (Å²) >= 11 is 12.3. The van der Waals surface area contributed by atoms with Crippen LogP contribution in [0.15, 0.2) is 42.5 Å². The molecule has 0 radical (unpaired) electrons. The minimum absolute atomic E-state index is 0.0251. The zero-order valence-electron chi connectivity index (χ0n) is 10.6. The van der Waals surface area contributed by atoms with E-state index in [9.17, 15) is 0 Å². The molecule has 2 aromatic carbocycles. The highest BCUT2D eigenvalue weighted by Crippen LogP contribution is 2.34. The third-order valence-electron chi connectivity index (χ3n) is 3.11. The van der Waals surface area contributed by atoms with Crippen LogP contribution in [0.2, 0.25) is 10.0 Å². The number of ether oxygens (including phenoxy) is 1. The Morgan fingerprint density at radius 3 is 2.37 bits per heavy atom. The van der Waals surface area contributed by atoms with Gasteiger partial charge in [-0.25, -0.2) is 0 Å². The summed E-state index contributed by atoms with van der Waals surface area (Å²) in [7, 11) is 1.64. The molecule has 0 amide bonds. The van der Waals surface area contributed by atoms with E-state index in [-0.39, 0.29) is 5.92 Å². The lowest BCUT2D eigenvalue weighted by molar-refractivity contribution is 0.414. The van der Waals surface area contributed by atoms with Crippen molar-refractivity contribution in [2.24, 2.45) is 5.73 Å². The molecule has 4 heteroatoms. The first-order chi connectivity index (χ1) is 9.17. The highest BCUT2D eigenvalue weighted by Gasteiger charge is 2.17. The molecule has 2 N–H and O–H groups in total. The van der Waals surface area contributed by atoms with Crippen LogP contribution in [-0.2, 0) is 0 Å². The first-order valence-corrected chi connectivity index (χ1v) is 6.71. The first-order valence-electron chi connectivity index (χ1n) is 5.95. The van der Waals surface area contributed by atoms with Gasteiger partial charge in [-0.3, -0.25) is 0 Å². The zero-order valence-corrected chi connectivity index (χ0v) is 12.1. The van der Waals surface area contributed by atoms with Crippen molar-refractivity contribution in [3.05, 3.63) is 63.6 Å². The molecule has 0 saturated heterocycles. The summed E-state index contributed by atoms with van der Waals surface area (Å²) in [6.45, 7) is 0.465. The average molecular weight is 296 g/mol. The fourth-order valence-corrected chi connectivity index (χ4v) is 2.51. The maximum absolute atomic E-state index is 6.26. The van der Waals surface area contributed by atoms with Gasteiger partial charge in [-0.1, -0.05) is 47.5 Å². The summed E-state index contributed by atoms with van der Waals surface area (Å²) in [5.74, 6) is 0.841. The molecule has 0 fully saturated rings. The van der Waals surface area contributed by atoms with E-state index in [0.717, 1.165) is 16.9 Å². The zero-order chi connectivity index (χ0) is 13.8. The minimum Gasteiger partial charge on any atom is -0.497 e. The topological polar surface area (TPSA) is 35.2 Å². The Bertz CT molecular complexity index is 555. The number of nitrogens with two attached hydrogens (primary N) is 1. The third kappa shape index (κ3) is 3.03. The number of halogens is 2. The van der Waals surface area contributed by atoms with Crippen LogP contribution in [-0.4, -0.2) is 13.7 Å². The quantitative estimate of drug-likeness (QED) is 0.922. The highest BCUT2D eigenvalue weighted by atomic mass is 35.5.